The summed E-state index contributed by atoms with van der Waals surface area (Å²) in [5.41, 5.74) is 9.47. The van der Waals surface area contributed by atoms with Crippen molar-refractivity contribution in [3.63, 3.8) is 0 Å². The van der Waals surface area contributed by atoms with Gasteiger partial charge in [-0.15, -0.1) is 0 Å². The van der Waals surface area contributed by atoms with E-state index in [4.69, 9.17) is 42.6 Å². The molecule has 2 saturated heterocycles. The molecule has 0 aromatic heterocycles. The maximum atomic E-state index is 12.7. The van der Waals surface area contributed by atoms with Crippen molar-refractivity contribution in [2.45, 2.75) is 96.0 Å². The summed E-state index contributed by atoms with van der Waals surface area (Å²) in [5.74, 6) is -5.16. The lowest BCUT2D eigenvalue weighted by Crippen LogP contribution is -2.66. The molecule has 0 amide bonds. The first-order valence-corrected chi connectivity index (χ1v) is 14.4. The summed E-state index contributed by atoms with van der Waals surface area (Å²) in [6, 6.07) is 6.17. The maximum Gasteiger partial charge on any atom is 0.338 e. The van der Waals surface area contributed by atoms with E-state index >= 15 is 0 Å². The molecule has 48 heavy (non-hydrogen) atoms. The fraction of sp³-hybridized carbons (Fsp3) is 0.586. The van der Waals surface area contributed by atoms with Crippen molar-refractivity contribution in [1.29, 1.82) is 0 Å². The molecule has 10 atom stereocenters. The molecule has 19 nitrogen and oxygen atoms in total. The molecule has 2 heterocycles. The summed E-state index contributed by atoms with van der Waals surface area (Å²) >= 11 is 0. The number of nitrogens with zero attached hydrogens (tertiary/aromatic N) is 3. The Morgan fingerprint density at radius 2 is 1.21 bits per heavy atom. The number of aliphatic hydroxyl groups is 1. The number of ether oxygens (including phenoxy) is 9. The average molecular weight is 682 g/mol. The van der Waals surface area contributed by atoms with Crippen LogP contribution in [0.5, 0.6) is 0 Å². The molecule has 2 aliphatic heterocycles. The van der Waals surface area contributed by atoms with Crippen LogP contribution < -0.4 is 0 Å². The Morgan fingerprint density at radius 1 is 0.708 bits per heavy atom. The van der Waals surface area contributed by atoms with Crippen LogP contribution in [0.15, 0.2) is 35.4 Å². The van der Waals surface area contributed by atoms with Gasteiger partial charge in [-0.3, -0.25) is 24.0 Å². The number of aliphatic hydroxyl groups excluding tert-OH is 1. The molecular weight excluding hydrogens is 646 g/mol. The fourth-order valence-electron chi connectivity index (χ4n) is 4.98. The van der Waals surface area contributed by atoms with Crippen LogP contribution in [0.2, 0.25) is 0 Å². The molecule has 1 aromatic rings. The van der Waals surface area contributed by atoms with E-state index in [0.29, 0.717) is 0 Å². The number of carbonyl (C=O) groups is 6. The van der Waals surface area contributed by atoms with E-state index in [1.165, 1.54) is 12.1 Å². The van der Waals surface area contributed by atoms with Gasteiger partial charge >= 0.3 is 35.8 Å². The van der Waals surface area contributed by atoms with Crippen LogP contribution in [0, 0.1) is 0 Å². The molecule has 2 fully saturated rings. The van der Waals surface area contributed by atoms with Gasteiger partial charge in [0, 0.05) is 39.5 Å². The minimum atomic E-state index is -1.94. The van der Waals surface area contributed by atoms with Crippen molar-refractivity contribution in [2.24, 2.45) is 5.11 Å². The summed E-state index contributed by atoms with van der Waals surface area (Å²) < 4.78 is 49.6. The van der Waals surface area contributed by atoms with E-state index in [1.54, 1.807) is 18.2 Å². The number of rotatable bonds is 12. The van der Waals surface area contributed by atoms with E-state index in [9.17, 15) is 39.4 Å². The van der Waals surface area contributed by atoms with Crippen LogP contribution in [0.1, 0.15) is 45.0 Å². The third-order valence-corrected chi connectivity index (χ3v) is 6.75. The SMILES string of the molecule is CC(=O)OC[C@H]1O[C@@H](O[C@@H]2[C@@H](N=[N+]=[N-])[C@@H](O)O[C@H](COC(=O)c3ccccc3)[C@@H]2OC(C)=O)[C@H](OC(C)=O)[C@@H](OC(C)=O)[C@H]1OC(C)=O. The number of azide groups is 1. The van der Waals surface area contributed by atoms with Crippen molar-refractivity contribution >= 4 is 35.8 Å². The number of benzene rings is 1. The summed E-state index contributed by atoms with van der Waals surface area (Å²) in [4.78, 5) is 75.8. The highest BCUT2D eigenvalue weighted by Gasteiger charge is 2.56. The first-order chi connectivity index (χ1) is 22.7. The zero-order valence-corrected chi connectivity index (χ0v) is 26.5. The van der Waals surface area contributed by atoms with Gasteiger partial charge in [-0.05, 0) is 17.7 Å². The third kappa shape index (κ3) is 10.3. The van der Waals surface area contributed by atoms with Crippen molar-refractivity contribution in [1.82, 2.24) is 0 Å². The topological polar surface area (TPSA) is 254 Å². The Bertz CT molecular complexity index is 1390. The summed E-state index contributed by atoms with van der Waals surface area (Å²) in [7, 11) is 0. The molecule has 3 rings (SSSR count). The van der Waals surface area contributed by atoms with Crippen molar-refractivity contribution in [2.75, 3.05) is 13.2 Å². The lowest BCUT2D eigenvalue weighted by Gasteiger charge is -2.48. The monoisotopic (exact) mass is 681 g/mol. The zero-order valence-electron chi connectivity index (χ0n) is 26.5. The van der Waals surface area contributed by atoms with Crippen LogP contribution >= 0.6 is 0 Å². The fourth-order valence-corrected chi connectivity index (χ4v) is 4.98. The first kappa shape index (κ1) is 37.6. The van der Waals surface area contributed by atoms with Crippen molar-refractivity contribution in [3.8, 4) is 0 Å². The van der Waals surface area contributed by atoms with Crippen LogP contribution in [-0.4, -0.2) is 115 Å². The molecule has 0 radical (unpaired) electrons. The number of hydrogen-bond acceptors (Lipinski definition) is 17. The van der Waals surface area contributed by atoms with Crippen LogP contribution in [0.25, 0.3) is 10.4 Å². The summed E-state index contributed by atoms with van der Waals surface area (Å²) in [6.45, 7) is 4.00. The molecule has 0 aliphatic carbocycles. The lowest BCUT2D eigenvalue weighted by molar-refractivity contribution is -0.342. The van der Waals surface area contributed by atoms with E-state index in [2.05, 4.69) is 10.0 Å². The van der Waals surface area contributed by atoms with Gasteiger partial charge in [-0.1, -0.05) is 23.3 Å². The van der Waals surface area contributed by atoms with Crippen molar-refractivity contribution in [3.05, 3.63) is 46.3 Å². The van der Waals surface area contributed by atoms with E-state index in [-0.39, 0.29) is 5.56 Å². The van der Waals surface area contributed by atoms with Gasteiger partial charge in [0.05, 0.1) is 5.56 Å². The van der Waals surface area contributed by atoms with Gasteiger partial charge in [0.25, 0.3) is 0 Å². The molecule has 1 aromatic carbocycles. The molecule has 19 heteroatoms. The zero-order chi connectivity index (χ0) is 35.5. The molecular formula is C29H35N3O16. The average Bonchev–Trinajstić information content (AvgIpc) is 3.00. The van der Waals surface area contributed by atoms with Gasteiger partial charge in [0.2, 0.25) is 0 Å². The molecule has 2 aliphatic rings. The highest BCUT2D eigenvalue weighted by atomic mass is 16.8. The highest BCUT2D eigenvalue weighted by molar-refractivity contribution is 5.89. The van der Waals surface area contributed by atoms with Crippen LogP contribution in [0.4, 0.5) is 0 Å². The lowest BCUT2D eigenvalue weighted by atomic mass is 9.95. The van der Waals surface area contributed by atoms with Gasteiger partial charge in [-0.2, -0.15) is 0 Å². The quantitative estimate of drug-likeness (QED) is 0.104. The predicted octanol–water partition coefficient (Wildman–Crippen LogP) is 0.640. The first-order valence-electron chi connectivity index (χ1n) is 14.4. The largest absolute Gasteiger partial charge is 0.463 e. The molecule has 1 N–H and O–H groups in total. The van der Waals surface area contributed by atoms with Crippen LogP contribution in [0.3, 0.4) is 0 Å². The molecule has 0 unspecified atom stereocenters. The molecule has 0 spiro atoms. The predicted molar refractivity (Wildman–Crippen MR) is 153 cm³/mol. The summed E-state index contributed by atoms with van der Waals surface area (Å²) in [6.07, 6.45) is -14.8. The number of carbonyl (C=O) groups excluding carboxylic acids is 6. The minimum Gasteiger partial charge on any atom is -0.463 e. The summed E-state index contributed by atoms with van der Waals surface area (Å²) in [5, 5.41) is 14.4. The smallest absolute Gasteiger partial charge is 0.338 e. The Morgan fingerprint density at radius 3 is 1.75 bits per heavy atom. The van der Waals surface area contributed by atoms with Gasteiger partial charge in [-0.25, -0.2) is 4.79 Å². The molecule has 0 saturated carbocycles. The Hall–Kier alpha value is -4.81. The highest BCUT2D eigenvalue weighted by Crippen LogP contribution is 2.35. The van der Waals surface area contributed by atoms with E-state index < -0.39 is 110 Å². The van der Waals surface area contributed by atoms with E-state index in [0.717, 1.165) is 34.6 Å². The van der Waals surface area contributed by atoms with Crippen molar-refractivity contribution < 1.29 is 76.5 Å². The second-order valence-corrected chi connectivity index (χ2v) is 10.5. The maximum absolute atomic E-state index is 12.7. The van der Waals surface area contributed by atoms with Gasteiger partial charge < -0.3 is 47.7 Å². The second-order valence-electron chi connectivity index (χ2n) is 10.5. The Balaban J connectivity index is 2.06. The third-order valence-electron chi connectivity index (χ3n) is 6.75. The Kier molecular flexibility index (Phi) is 13.6. The van der Waals surface area contributed by atoms with Gasteiger partial charge in [0.15, 0.2) is 37.0 Å². The molecule has 262 valence electrons. The minimum absolute atomic E-state index is 0.176. The van der Waals surface area contributed by atoms with Gasteiger partial charge in [0.1, 0.15) is 37.6 Å². The molecule has 0 bridgehead atoms. The Labute approximate surface area is 273 Å². The standard InChI is InChI=1S/C29H35N3O16/c1-13(33)40-11-20-23(43-15(3)35)25(44-16(4)36)26(45-17(5)37)29(47-20)48-24-21(31-32-30)28(39)46-19(22(24)42-14(2)34)12-41-27(38)18-9-7-6-8-10-18/h6-10,19-26,28-29,39H,11-12H2,1-5H3/t19-,20-,21-,22+,23+,24-,25+,26-,28+,29+/m1/s1. The number of hydrogen-bond donors (Lipinski definition) is 1. The normalized spacial score (nSPS) is 29.6. The van der Waals surface area contributed by atoms with Crippen LogP contribution in [-0.2, 0) is 66.6 Å². The number of esters is 6. The second kappa shape index (κ2) is 17.4. The van der Waals surface area contributed by atoms with E-state index in [1.807, 2.05) is 0 Å².